The number of nitrogens with two attached hydrogens (primary N) is 2. The molecule has 0 unspecified atom stereocenters. The highest BCUT2D eigenvalue weighted by atomic mass is 35.5. The first kappa shape index (κ1) is 17.2. The lowest BCUT2D eigenvalue weighted by atomic mass is 9.96. The van der Waals surface area contributed by atoms with Gasteiger partial charge in [-0.2, -0.15) is 13.2 Å². The Morgan fingerprint density at radius 2 is 1.72 bits per heavy atom. The van der Waals surface area contributed by atoms with Gasteiger partial charge in [0.1, 0.15) is 0 Å². The minimum atomic E-state index is -4.35. The average molecular weight is 283 g/mol. The van der Waals surface area contributed by atoms with Crippen LogP contribution >= 0.6 is 12.4 Å². The van der Waals surface area contributed by atoms with E-state index in [2.05, 4.69) is 0 Å². The summed E-state index contributed by atoms with van der Waals surface area (Å²) in [4.78, 5) is 0. The number of rotatable bonds is 5. The Labute approximate surface area is 111 Å². The van der Waals surface area contributed by atoms with E-state index in [1.54, 1.807) is 6.07 Å². The Balaban J connectivity index is 0.00000289. The van der Waals surface area contributed by atoms with Gasteiger partial charge in [0, 0.05) is 6.04 Å². The minimum absolute atomic E-state index is 0. The molecule has 4 N–H and O–H groups in total. The molecule has 1 aromatic rings. The molecule has 104 valence electrons. The third-order valence-electron chi connectivity index (χ3n) is 2.63. The summed E-state index contributed by atoms with van der Waals surface area (Å²) in [6, 6.07) is 4.87. The SMILES string of the molecule is Cl.NCCCC[C@@H](N)c1ccccc1C(F)(F)F. The van der Waals surface area contributed by atoms with Crippen LogP contribution in [0.15, 0.2) is 24.3 Å². The molecule has 0 saturated heterocycles. The average Bonchev–Trinajstić information content (AvgIpc) is 2.28. The second-order valence-electron chi connectivity index (χ2n) is 3.98. The van der Waals surface area contributed by atoms with Crippen LogP contribution < -0.4 is 11.5 Å². The predicted octanol–water partition coefficient (Wildman–Crippen LogP) is 3.26. The molecule has 6 heteroatoms. The van der Waals surface area contributed by atoms with Crippen LogP contribution in [0, 0.1) is 0 Å². The molecular formula is C12H18ClF3N2. The van der Waals surface area contributed by atoms with Gasteiger partial charge in [0.15, 0.2) is 0 Å². The second kappa shape index (κ2) is 7.61. The highest BCUT2D eigenvalue weighted by molar-refractivity contribution is 5.85. The van der Waals surface area contributed by atoms with E-state index in [4.69, 9.17) is 11.5 Å². The molecule has 0 bridgehead atoms. The van der Waals surface area contributed by atoms with Gasteiger partial charge in [-0.05, 0) is 31.0 Å². The van der Waals surface area contributed by atoms with Crippen molar-refractivity contribution in [2.75, 3.05) is 6.54 Å². The van der Waals surface area contributed by atoms with E-state index in [0.717, 1.165) is 18.9 Å². The molecular weight excluding hydrogens is 265 g/mol. The molecule has 0 spiro atoms. The summed E-state index contributed by atoms with van der Waals surface area (Å²) in [6.07, 6.45) is -2.31. The van der Waals surface area contributed by atoms with Crippen LogP contribution in [0.1, 0.15) is 36.4 Å². The monoisotopic (exact) mass is 282 g/mol. The van der Waals surface area contributed by atoms with E-state index in [9.17, 15) is 13.2 Å². The van der Waals surface area contributed by atoms with Crippen LogP contribution in [0.3, 0.4) is 0 Å². The summed E-state index contributed by atoms with van der Waals surface area (Å²) in [5.41, 5.74) is 10.6. The van der Waals surface area contributed by atoms with Crippen LogP contribution in [-0.4, -0.2) is 6.54 Å². The van der Waals surface area contributed by atoms with Crippen molar-refractivity contribution in [2.45, 2.75) is 31.5 Å². The van der Waals surface area contributed by atoms with Gasteiger partial charge in [-0.1, -0.05) is 24.6 Å². The van der Waals surface area contributed by atoms with Crippen LogP contribution in [-0.2, 0) is 6.18 Å². The maximum absolute atomic E-state index is 12.7. The van der Waals surface area contributed by atoms with Crippen LogP contribution in [0.5, 0.6) is 0 Å². The van der Waals surface area contributed by atoms with Crippen molar-refractivity contribution >= 4 is 12.4 Å². The van der Waals surface area contributed by atoms with E-state index < -0.39 is 17.8 Å². The van der Waals surface area contributed by atoms with Crippen LogP contribution in [0.25, 0.3) is 0 Å². The molecule has 0 aliphatic rings. The normalized spacial score (nSPS) is 12.9. The first-order chi connectivity index (χ1) is 7.96. The van der Waals surface area contributed by atoms with Crippen LogP contribution in [0.4, 0.5) is 13.2 Å². The lowest BCUT2D eigenvalue weighted by molar-refractivity contribution is -0.138. The number of halogens is 4. The smallest absolute Gasteiger partial charge is 0.330 e. The van der Waals surface area contributed by atoms with Gasteiger partial charge < -0.3 is 11.5 Å². The predicted molar refractivity (Wildman–Crippen MR) is 68.5 cm³/mol. The first-order valence-electron chi connectivity index (χ1n) is 5.58. The quantitative estimate of drug-likeness (QED) is 0.815. The van der Waals surface area contributed by atoms with Crippen molar-refractivity contribution in [3.8, 4) is 0 Å². The van der Waals surface area contributed by atoms with Crippen molar-refractivity contribution in [1.82, 2.24) is 0 Å². The molecule has 0 amide bonds. The van der Waals surface area contributed by atoms with Crippen molar-refractivity contribution in [3.63, 3.8) is 0 Å². The standard InChI is InChI=1S/C12H17F3N2.ClH/c13-12(14,15)10-6-2-1-5-9(10)11(17)7-3-4-8-16;/h1-2,5-6,11H,3-4,7-8,16-17H2;1H/t11-;/m1./s1. The van der Waals surface area contributed by atoms with Crippen molar-refractivity contribution in [2.24, 2.45) is 11.5 Å². The summed E-state index contributed by atoms with van der Waals surface area (Å²) < 4.78 is 38.2. The Hall–Kier alpha value is -0.780. The highest BCUT2D eigenvalue weighted by Crippen LogP contribution is 2.34. The molecule has 0 radical (unpaired) electrons. The molecule has 0 heterocycles. The van der Waals surface area contributed by atoms with Crippen LogP contribution in [0.2, 0.25) is 0 Å². The zero-order chi connectivity index (χ0) is 12.9. The second-order valence-corrected chi connectivity index (χ2v) is 3.98. The minimum Gasteiger partial charge on any atom is -0.330 e. The molecule has 18 heavy (non-hydrogen) atoms. The Morgan fingerprint density at radius 1 is 1.11 bits per heavy atom. The van der Waals surface area contributed by atoms with E-state index in [0.29, 0.717) is 13.0 Å². The third-order valence-corrected chi connectivity index (χ3v) is 2.63. The Kier molecular flexibility index (Phi) is 7.28. The number of hydrogen-bond acceptors (Lipinski definition) is 2. The van der Waals surface area contributed by atoms with E-state index >= 15 is 0 Å². The van der Waals surface area contributed by atoms with Gasteiger partial charge in [-0.25, -0.2) is 0 Å². The van der Waals surface area contributed by atoms with Crippen molar-refractivity contribution < 1.29 is 13.2 Å². The Morgan fingerprint density at radius 3 is 2.28 bits per heavy atom. The van der Waals surface area contributed by atoms with Gasteiger partial charge in [-0.15, -0.1) is 12.4 Å². The molecule has 0 aliphatic heterocycles. The molecule has 1 atom stereocenters. The number of hydrogen-bond donors (Lipinski definition) is 2. The van der Waals surface area contributed by atoms with Gasteiger partial charge in [-0.3, -0.25) is 0 Å². The van der Waals surface area contributed by atoms with Crippen molar-refractivity contribution in [3.05, 3.63) is 35.4 Å². The summed E-state index contributed by atoms with van der Waals surface area (Å²) in [7, 11) is 0. The van der Waals surface area contributed by atoms with E-state index in [1.165, 1.54) is 12.1 Å². The Bertz CT molecular complexity index is 355. The molecule has 0 fully saturated rings. The lowest BCUT2D eigenvalue weighted by Gasteiger charge is -2.18. The van der Waals surface area contributed by atoms with Gasteiger partial charge in [0.25, 0.3) is 0 Å². The van der Waals surface area contributed by atoms with Gasteiger partial charge >= 0.3 is 6.18 Å². The van der Waals surface area contributed by atoms with Gasteiger partial charge in [0.2, 0.25) is 0 Å². The molecule has 2 nitrogen and oxygen atoms in total. The summed E-state index contributed by atoms with van der Waals surface area (Å²) in [5, 5.41) is 0. The third kappa shape index (κ3) is 4.84. The zero-order valence-corrected chi connectivity index (χ0v) is 10.7. The van der Waals surface area contributed by atoms with Crippen molar-refractivity contribution in [1.29, 1.82) is 0 Å². The maximum atomic E-state index is 12.7. The molecule has 0 aromatic heterocycles. The topological polar surface area (TPSA) is 52.0 Å². The number of unbranched alkanes of at least 4 members (excludes halogenated alkanes) is 1. The molecule has 1 aromatic carbocycles. The fourth-order valence-corrected chi connectivity index (χ4v) is 1.74. The van der Waals surface area contributed by atoms with E-state index in [1.807, 2.05) is 0 Å². The first-order valence-corrected chi connectivity index (χ1v) is 5.58. The molecule has 0 aliphatic carbocycles. The fourth-order valence-electron chi connectivity index (χ4n) is 1.74. The summed E-state index contributed by atoms with van der Waals surface area (Å²) in [5.74, 6) is 0. The zero-order valence-electron chi connectivity index (χ0n) is 9.91. The molecule has 0 saturated carbocycles. The largest absolute Gasteiger partial charge is 0.416 e. The maximum Gasteiger partial charge on any atom is 0.416 e. The fraction of sp³-hybridized carbons (Fsp3) is 0.500. The highest BCUT2D eigenvalue weighted by Gasteiger charge is 2.34. The summed E-state index contributed by atoms with van der Waals surface area (Å²) in [6.45, 7) is 0.535. The lowest BCUT2D eigenvalue weighted by Crippen LogP contribution is -2.17. The van der Waals surface area contributed by atoms with E-state index in [-0.39, 0.29) is 18.0 Å². The number of alkyl halides is 3. The molecule has 1 rings (SSSR count). The van der Waals surface area contributed by atoms with Gasteiger partial charge in [0.05, 0.1) is 5.56 Å². The summed E-state index contributed by atoms with van der Waals surface area (Å²) >= 11 is 0. The number of benzene rings is 1.